The minimum absolute atomic E-state index is 0.0392. The van der Waals surface area contributed by atoms with Crippen molar-refractivity contribution in [1.29, 1.82) is 0 Å². The topological polar surface area (TPSA) is 109 Å². The zero-order valence-corrected chi connectivity index (χ0v) is 17.5. The third-order valence-electron chi connectivity index (χ3n) is 6.05. The molecule has 3 amide bonds. The molecule has 2 aliphatic rings. The summed E-state index contributed by atoms with van der Waals surface area (Å²) in [6, 6.07) is 11.3. The van der Waals surface area contributed by atoms with Gasteiger partial charge in [0, 0.05) is 31.7 Å². The van der Waals surface area contributed by atoms with Gasteiger partial charge in [-0.15, -0.1) is 0 Å². The van der Waals surface area contributed by atoms with Gasteiger partial charge in [-0.05, 0) is 49.2 Å². The average Bonchev–Trinajstić information content (AvgIpc) is 3.40. The van der Waals surface area contributed by atoms with E-state index in [0.29, 0.717) is 31.1 Å². The van der Waals surface area contributed by atoms with E-state index in [0.717, 1.165) is 31.5 Å². The molecule has 164 valence electrons. The Morgan fingerprint density at radius 3 is 2.61 bits per heavy atom. The van der Waals surface area contributed by atoms with Crippen molar-refractivity contribution in [3.63, 3.8) is 0 Å². The number of primary amides is 1. The summed E-state index contributed by atoms with van der Waals surface area (Å²) in [5.41, 5.74) is 7.28. The van der Waals surface area contributed by atoms with Crippen LogP contribution in [-0.2, 0) is 27.5 Å². The van der Waals surface area contributed by atoms with Crippen molar-refractivity contribution in [2.75, 3.05) is 25.0 Å². The number of carbonyl (C=O) groups is 3. The molecule has 2 aromatic rings. The van der Waals surface area contributed by atoms with Crippen molar-refractivity contribution in [2.45, 2.75) is 32.4 Å². The fourth-order valence-electron chi connectivity index (χ4n) is 4.32. The zero-order valence-electron chi connectivity index (χ0n) is 17.5. The molecule has 2 unspecified atom stereocenters. The van der Waals surface area contributed by atoms with Gasteiger partial charge >= 0.3 is 0 Å². The number of amides is 3. The number of rotatable bonds is 7. The van der Waals surface area contributed by atoms with E-state index in [1.165, 1.54) is 0 Å². The van der Waals surface area contributed by atoms with Gasteiger partial charge < -0.3 is 20.4 Å². The Morgan fingerprint density at radius 2 is 1.90 bits per heavy atom. The molecule has 0 radical (unpaired) electrons. The fraction of sp³-hybridized carbons (Fsp3) is 0.435. The van der Waals surface area contributed by atoms with Crippen LogP contribution in [0.2, 0.25) is 0 Å². The Labute approximate surface area is 181 Å². The number of likely N-dealkylation sites (tertiary alicyclic amines) is 2. The molecular formula is C23H28N4O4. The van der Waals surface area contributed by atoms with Crippen LogP contribution in [-0.4, -0.2) is 47.2 Å². The number of nitrogens with one attached hydrogen (secondary N) is 1. The molecule has 3 heterocycles. The Bertz CT molecular complexity index is 926. The van der Waals surface area contributed by atoms with Gasteiger partial charge in [-0.1, -0.05) is 12.1 Å². The number of benzene rings is 1. The molecule has 0 saturated carbocycles. The highest BCUT2D eigenvalue weighted by Crippen LogP contribution is 2.23. The van der Waals surface area contributed by atoms with E-state index in [-0.39, 0.29) is 36.0 Å². The van der Waals surface area contributed by atoms with Gasteiger partial charge in [0.25, 0.3) is 0 Å². The summed E-state index contributed by atoms with van der Waals surface area (Å²) in [6.45, 7) is 3.16. The largest absolute Gasteiger partial charge is 0.467 e. The maximum Gasteiger partial charge on any atom is 0.229 e. The number of anilines is 1. The average molecular weight is 425 g/mol. The first-order valence-electron chi connectivity index (χ1n) is 10.7. The quantitative estimate of drug-likeness (QED) is 0.706. The van der Waals surface area contributed by atoms with Crippen LogP contribution >= 0.6 is 0 Å². The molecule has 2 aliphatic heterocycles. The van der Waals surface area contributed by atoms with Gasteiger partial charge in [0.1, 0.15) is 5.76 Å². The van der Waals surface area contributed by atoms with E-state index in [2.05, 4.69) is 10.2 Å². The predicted octanol–water partition coefficient (Wildman–Crippen LogP) is 1.96. The molecule has 3 N–H and O–H groups in total. The van der Waals surface area contributed by atoms with Gasteiger partial charge in [0.2, 0.25) is 17.7 Å². The van der Waals surface area contributed by atoms with Crippen LogP contribution in [0, 0.1) is 11.8 Å². The Kier molecular flexibility index (Phi) is 6.36. The van der Waals surface area contributed by atoms with Gasteiger partial charge in [-0.3, -0.25) is 19.3 Å². The summed E-state index contributed by atoms with van der Waals surface area (Å²) < 4.78 is 5.30. The standard InChI is InChI=1S/C23H28N4O4/c24-22(29)17-3-1-9-26(13-17)12-16-5-7-19(8-6-16)25-23(30)18-11-21(28)27(14-18)15-20-4-2-10-31-20/h2,4-8,10,17-18H,1,3,9,11-15H2,(H2,24,29)(H,25,30). The smallest absolute Gasteiger partial charge is 0.229 e. The second kappa shape index (κ2) is 9.34. The van der Waals surface area contributed by atoms with Crippen LogP contribution in [0.3, 0.4) is 0 Å². The maximum atomic E-state index is 12.6. The van der Waals surface area contributed by atoms with E-state index in [4.69, 9.17) is 10.2 Å². The Balaban J connectivity index is 1.28. The molecule has 1 aromatic carbocycles. The van der Waals surface area contributed by atoms with Gasteiger partial charge in [-0.2, -0.15) is 0 Å². The lowest BCUT2D eigenvalue weighted by atomic mass is 9.97. The summed E-state index contributed by atoms with van der Waals surface area (Å²) >= 11 is 0. The third-order valence-corrected chi connectivity index (χ3v) is 6.05. The van der Waals surface area contributed by atoms with Gasteiger partial charge in [0.05, 0.1) is 24.6 Å². The van der Waals surface area contributed by atoms with E-state index < -0.39 is 0 Å². The molecule has 0 aliphatic carbocycles. The van der Waals surface area contributed by atoms with Crippen molar-refractivity contribution in [3.8, 4) is 0 Å². The highest BCUT2D eigenvalue weighted by molar-refractivity contribution is 5.97. The molecule has 2 saturated heterocycles. The second-order valence-electron chi connectivity index (χ2n) is 8.42. The maximum absolute atomic E-state index is 12.6. The molecular weight excluding hydrogens is 396 g/mol. The molecule has 0 spiro atoms. The molecule has 8 nitrogen and oxygen atoms in total. The lowest BCUT2D eigenvalue weighted by Crippen LogP contribution is -2.40. The summed E-state index contributed by atoms with van der Waals surface area (Å²) in [6.07, 6.45) is 3.61. The lowest BCUT2D eigenvalue weighted by molar-refractivity contribution is -0.129. The lowest BCUT2D eigenvalue weighted by Gasteiger charge is -2.31. The van der Waals surface area contributed by atoms with E-state index in [1.54, 1.807) is 17.2 Å². The van der Waals surface area contributed by atoms with Crippen LogP contribution < -0.4 is 11.1 Å². The first-order valence-corrected chi connectivity index (χ1v) is 10.7. The number of nitrogens with two attached hydrogens (primary N) is 1. The highest BCUT2D eigenvalue weighted by atomic mass is 16.3. The number of furan rings is 1. The first-order chi connectivity index (χ1) is 15.0. The molecule has 8 heteroatoms. The third kappa shape index (κ3) is 5.32. The summed E-state index contributed by atoms with van der Waals surface area (Å²) in [7, 11) is 0. The molecule has 2 atom stereocenters. The van der Waals surface area contributed by atoms with Gasteiger partial charge in [-0.25, -0.2) is 0 Å². The number of piperidine rings is 1. The molecule has 0 bridgehead atoms. The molecule has 31 heavy (non-hydrogen) atoms. The van der Waals surface area contributed by atoms with Crippen molar-refractivity contribution < 1.29 is 18.8 Å². The van der Waals surface area contributed by atoms with E-state index >= 15 is 0 Å². The van der Waals surface area contributed by atoms with E-state index in [9.17, 15) is 14.4 Å². The fourth-order valence-corrected chi connectivity index (χ4v) is 4.32. The second-order valence-corrected chi connectivity index (χ2v) is 8.42. The van der Waals surface area contributed by atoms with Gasteiger partial charge in [0.15, 0.2) is 0 Å². The van der Waals surface area contributed by atoms with Crippen molar-refractivity contribution >= 4 is 23.4 Å². The minimum Gasteiger partial charge on any atom is -0.467 e. The summed E-state index contributed by atoms with van der Waals surface area (Å²) in [5, 5.41) is 2.92. The normalized spacial score (nSPS) is 21.9. The zero-order chi connectivity index (χ0) is 21.8. The number of hydrogen-bond acceptors (Lipinski definition) is 5. The molecule has 2 fully saturated rings. The van der Waals surface area contributed by atoms with Crippen molar-refractivity contribution in [3.05, 3.63) is 54.0 Å². The number of hydrogen-bond donors (Lipinski definition) is 2. The SMILES string of the molecule is NC(=O)C1CCCN(Cc2ccc(NC(=O)C3CC(=O)N(Cc4ccco4)C3)cc2)C1. The monoisotopic (exact) mass is 424 g/mol. The van der Waals surface area contributed by atoms with Crippen molar-refractivity contribution in [2.24, 2.45) is 17.6 Å². The van der Waals surface area contributed by atoms with Crippen molar-refractivity contribution in [1.82, 2.24) is 9.80 Å². The van der Waals surface area contributed by atoms with Crippen LogP contribution in [0.25, 0.3) is 0 Å². The predicted molar refractivity (Wildman–Crippen MR) is 114 cm³/mol. The first kappa shape index (κ1) is 21.1. The van der Waals surface area contributed by atoms with Crippen LogP contribution in [0.1, 0.15) is 30.6 Å². The van der Waals surface area contributed by atoms with Crippen LogP contribution in [0.4, 0.5) is 5.69 Å². The molecule has 4 rings (SSSR count). The number of carbonyl (C=O) groups excluding carboxylic acids is 3. The molecule has 1 aromatic heterocycles. The van der Waals surface area contributed by atoms with E-state index in [1.807, 2.05) is 30.3 Å². The van der Waals surface area contributed by atoms with Crippen LogP contribution in [0.15, 0.2) is 47.1 Å². The number of nitrogens with zero attached hydrogens (tertiary/aromatic N) is 2. The minimum atomic E-state index is -0.374. The Morgan fingerprint density at radius 1 is 1.10 bits per heavy atom. The summed E-state index contributed by atoms with van der Waals surface area (Å²) in [4.78, 5) is 40.2. The highest BCUT2D eigenvalue weighted by Gasteiger charge is 2.34. The summed E-state index contributed by atoms with van der Waals surface area (Å²) in [5.74, 6) is -0.155. The van der Waals surface area contributed by atoms with Crippen LogP contribution in [0.5, 0.6) is 0 Å². The Hall–Kier alpha value is -3.13.